The van der Waals surface area contributed by atoms with E-state index in [1.807, 2.05) is 6.92 Å². The van der Waals surface area contributed by atoms with Gasteiger partial charge in [-0.05, 0) is 88.7 Å². The summed E-state index contributed by atoms with van der Waals surface area (Å²) in [5, 5.41) is 20.5. The van der Waals surface area contributed by atoms with E-state index < -0.39 is 5.60 Å². The largest absolute Gasteiger partial charge is 0.390 e. The maximum absolute atomic E-state index is 13.6. The summed E-state index contributed by atoms with van der Waals surface area (Å²) in [7, 11) is 0. The molecule has 0 bridgehead atoms. The van der Waals surface area contributed by atoms with E-state index in [-0.39, 0.29) is 17.6 Å². The second-order valence-electron chi connectivity index (χ2n) is 12.4. The lowest BCUT2D eigenvalue weighted by molar-refractivity contribution is -0.123. The van der Waals surface area contributed by atoms with E-state index in [9.17, 15) is 9.90 Å². The van der Waals surface area contributed by atoms with Crippen LogP contribution in [0, 0.1) is 31.6 Å². The van der Waals surface area contributed by atoms with Gasteiger partial charge in [0.25, 0.3) is 0 Å². The number of carbonyl (C=O) groups excluding carboxylic acids is 1. The van der Waals surface area contributed by atoms with Gasteiger partial charge in [0.15, 0.2) is 0 Å². The zero-order valence-corrected chi connectivity index (χ0v) is 21.6. The van der Waals surface area contributed by atoms with Crippen molar-refractivity contribution in [1.82, 2.24) is 14.8 Å². The third-order valence-corrected chi connectivity index (χ3v) is 8.48. The normalized spacial score (nSPS) is 31.1. The molecule has 2 aromatic rings. The number of benzene rings is 1. The summed E-state index contributed by atoms with van der Waals surface area (Å²) < 4.78 is 2.40. The minimum absolute atomic E-state index is 0.0540. The SMILES string of the molecule is Cc1ccc(CC(=O)[C@H]2CC(C)(O)C[C@@H]2c2nnc(C3CC(CC(C)C)C3)n2C2CC2)c(C)c1. The molecule has 0 radical (unpaired) electrons. The molecule has 34 heavy (non-hydrogen) atoms. The molecule has 3 saturated carbocycles. The maximum Gasteiger partial charge on any atom is 0.141 e. The minimum Gasteiger partial charge on any atom is -0.390 e. The van der Waals surface area contributed by atoms with Crippen molar-refractivity contribution in [2.45, 2.75) is 109 Å². The third kappa shape index (κ3) is 4.73. The zero-order valence-electron chi connectivity index (χ0n) is 21.6. The van der Waals surface area contributed by atoms with Gasteiger partial charge in [-0.2, -0.15) is 0 Å². The minimum atomic E-state index is -0.841. The van der Waals surface area contributed by atoms with E-state index in [1.165, 1.54) is 43.2 Å². The van der Waals surface area contributed by atoms with Gasteiger partial charge in [0.2, 0.25) is 0 Å². The Morgan fingerprint density at radius 3 is 2.50 bits per heavy atom. The topological polar surface area (TPSA) is 68.0 Å². The smallest absolute Gasteiger partial charge is 0.141 e. The highest BCUT2D eigenvalue weighted by molar-refractivity contribution is 5.85. The average Bonchev–Trinajstić information content (AvgIpc) is 3.38. The van der Waals surface area contributed by atoms with Crippen LogP contribution in [0.5, 0.6) is 0 Å². The average molecular weight is 464 g/mol. The molecule has 1 N–H and O–H groups in total. The van der Waals surface area contributed by atoms with Crippen LogP contribution in [-0.4, -0.2) is 31.3 Å². The Balaban J connectivity index is 1.39. The van der Waals surface area contributed by atoms with Gasteiger partial charge in [0, 0.05) is 30.2 Å². The Hall–Kier alpha value is -2.01. The molecule has 1 aromatic heterocycles. The van der Waals surface area contributed by atoms with Crippen molar-refractivity contribution in [2.75, 3.05) is 0 Å². The number of aryl methyl sites for hydroxylation is 2. The number of Topliss-reactive ketones (excluding diaryl/α,β-unsaturated/α-hetero) is 1. The molecular weight excluding hydrogens is 422 g/mol. The number of carbonyl (C=O) groups is 1. The van der Waals surface area contributed by atoms with Crippen molar-refractivity contribution >= 4 is 5.78 Å². The third-order valence-electron chi connectivity index (χ3n) is 8.48. The number of nitrogens with zero attached hydrogens (tertiary/aromatic N) is 3. The lowest BCUT2D eigenvalue weighted by atomic mass is 9.71. The summed E-state index contributed by atoms with van der Waals surface area (Å²) >= 11 is 0. The van der Waals surface area contributed by atoms with E-state index >= 15 is 0 Å². The molecule has 0 aliphatic heterocycles. The first-order valence-electron chi connectivity index (χ1n) is 13.4. The van der Waals surface area contributed by atoms with Gasteiger partial charge in [0.05, 0.1) is 5.60 Å². The predicted molar refractivity (Wildman–Crippen MR) is 134 cm³/mol. The van der Waals surface area contributed by atoms with Gasteiger partial charge < -0.3 is 9.67 Å². The molecule has 0 amide bonds. The second kappa shape index (κ2) is 8.89. The van der Waals surface area contributed by atoms with Crippen LogP contribution in [0.4, 0.5) is 0 Å². The van der Waals surface area contributed by atoms with Crippen molar-refractivity contribution in [1.29, 1.82) is 0 Å². The number of rotatable bonds is 8. The molecule has 5 rings (SSSR count). The van der Waals surface area contributed by atoms with Gasteiger partial charge >= 0.3 is 0 Å². The van der Waals surface area contributed by atoms with E-state index in [0.717, 1.165) is 29.0 Å². The Morgan fingerprint density at radius 1 is 1.15 bits per heavy atom. The van der Waals surface area contributed by atoms with Crippen LogP contribution in [0.1, 0.15) is 112 Å². The van der Waals surface area contributed by atoms with E-state index in [2.05, 4.69) is 50.5 Å². The fraction of sp³-hybridized carbons (Fsp3) is 0.690. The number of ketones is 1. The summed E-state index contributed by atoms with van der Waals surface area (Å²) in [6.45, 7) is 10.7. The highest BCUT2D eigenvalue weighted by Gasteiger charge is 2.49. The Morgan fingerprint density at radius 2 is 1.85 bits per heavy atom. The van der Waals surface area contributed by atoms with E-state index in [4.69, 9.17) is 10.2 Å². The van der Waals surface area contributed by atoms with Crippen molar-refractivity contribution in [3.63, 3.8) is 0 Å². The van der Waals surface area contributed by atoms with Crippen LogP contribution in [-0.2, 0) is 11.2 Å². The second-order valence-corrected chi connectivity index (χ2v) is 12.4. The zero-order chi connectivity index (χ0) is 24.2. The van der Waals surface area contributed by atoms with Crippen molar-refractivity contribution in [2.24, 2.45) is 17.8 Å². The molecule has 5 heteroatoms. The first kappa shape index (κ1) is 23.7. The molecular formula is C29H41N3O2. The molecule has 1 unspecified atom stereocenters. The first-order valence-corrected chi connectivity index (χ1v) is 13.4. The fourth-order valence-corrected chi connectivity index (χ4v) is 6.65. The Bertz CT molecular complexity index is 1060. The quantitative estimate of drug-likeness (QED) is 0.535. The Kier molecular flexibility index (Phi) is 6.20. The summed E-state index contributed by atoms with van der Waals surface area (Å²) in [5.41, 5.74) is 2.63. The molecule has 1 heterocycles. The summed E-state index contributed by atoms with van der Waals surface area (Å²) in [6.07, 6.45) is 7.57. The number of aromatic nitrogens is 3. The van der Waals surface area contributed by atoms with Gasteiger partial charge in [-0.15, -0.1) is 10.2 Å². The van der Waals surface area contributed by atoms with Gasteiger partial charge in [0.1, 0.15) is 17.4 Å². The molecule has 3 atom stereocenters. The molecule has 3 aliphatic rings. The predicted octanol–water partition coefficient (Wildman–Crippen LogP) is 5.83. The molecule has 0 saturated heterocycles. The maximum atomic E-state index is 13.6. The summed E-state index contributed by atoms with van der Waals surface area (Å²) in [5.74, 6) is 4.11. The van der Waals surface area contributed by atoms with Crippen LogP contribution >= 0.6 is 0 Å². The van der Waals surface area contributed by atoms with Crippen LogP contribution in [0.25, 0.3) is 0 Å². The van der Waals surface area contributed by atoms with E-state index in [1.54, 1.807) is 0 Å². The van der Waals surface area contributed by atoms with Crippen LogP contribution < -0.4 is 0 Å². The number of hydrogen-bond donors (Lipinski definition) is 1. The standard InChI is InChI=1S/C29H41N3O2/c1-17(2)10-20-12-22(13-20)27-30-31-28(32(27)23-8-9-23)25-16-29(5,34)15-24(25)26(33)14-21-7-6-18(3)11-19(21)4/h6-7,11,17,20,22-25,34H,8-10,12-16H2,1-5H3/t20?,22?,24-,25-,29?/m0/s1. The van der Waals surface area contributed by atoms with Crippen molar-refractivity contribution in [3.8, 4) is 0 Å². The monoisotopic (exact) mass is 463 g/mol. The molecule has 1 aromatic carbocycles. The Labute approximate surface area is 204 Å². The summed E-state index contributed by atoms with van der Waals surface area (Å²) in [6, 6.07) is 6.79. The molecule has 3 fully saturated rings. The van der Waals surface area contributed by atoms with E-state index in [0.29, 0.717) is 31.2 Å². The highest BCUT2D eigenvalue weighted by atomic mass is 16.3. The van der Waals surface area contributed by atoms with Crippen LogP contribution in [0.3, 0.4) is 0 Å². The first-order chi connectivity index (χ1) is 16.1. The number of hydrogen-bond acceptors (Lipinski definition) is 4. The van der Waals surface area contributed by atoms with Gasteiger partial charge in [-0.25, -0.2) is 0 Å². The van der Waals surface area contributed by atoms with Crippen molar-refractivity contribution in [3.05, 3.63) is 46.5 Å². The molecule has 5 nitrogen and oxygen atoms in total. The molecule has 0 spiro atoms. The van der Waals surface area contributed by atoms with Gasteiger partial charge in [-0.3, -0.25) is 4.79 Å². The molecule has 184 valence electrons. The molecule has 3 aliphatic carbocycles. The highest BCUT2D eigenvalue weighted by Crippen LogP contribution is 2.51. The fourth-order valence-electron chi connectivity index (χ4n) is 6.65. The van der Waals surface area contributed by atoms with Crippen molar-refractivity contribution < 1.29 is 9.90 Å². The number of aliphatic hydroxyl groups is 1. The lowest BCUT2D eigenvalue weighted by Gasteiger charge is -2.36. The van der Waals surface area contributed by atoms with Gasteiger partial charge in [-0.1, -0.05) is 37.6 Å². The summed E-state index contributed by atoms with van der Waals surface area (Å²) in [4.78, 5) is 13.6. The lowest BCUT2D eigenvalue weighted by Crippen LogP contribution is -2.27. The van der Waals surface area contributed by atoms with Crippen LogP contribution in [0.15, 0.2) is 18.2 Å². The van der Waals surface area contributed by atoms with Crippen LogP contribution in [0.2, 0.25) is 0 Å².